The number of carbonyl (C=O) groups is 2. The lowest BCUT2D eigenvalue weighted by atomic mass is 10.1. The molecule has 3 heterocycles. The van der Waals surface area contributed by atoms with Gasteiger partial charge >= 0.3 is 5.97 Å². The summed E-state index contributed by atoms with van der Waals surface area (Å²) in [6, 6.07) is 3.57. The Morgan fingerprint density at radius 2 is 2.14 bits per heavy atom. The molecule has 2 atom stereocenters. The van der Waals surface area contributed by atoms with Crippen molar-refractivity contribution in [2.75, 3.05) is 19.6 Å². The van der Waals surface area contributed by atoms with E-state index in [1.165, 1.54) is 18.7 Å². The van der Waals surface area contributed by atoms with Crippen molar-refractivity contribution in [1.29, 1.82) is 0 Å². The van der Waals surface area contributed by atoms with Crippen molar-refractivity contribution < 1.29 is 14.7 Å². The number of hydrogen-bond acceptors (Lipinski definition) is 4. The van der Waals surface area contributed by atoms with Crippen LogP contribution in [0.25, 0.3) is 0 Å². The van der Waals surface area contributed by atoms with Gasteiger partial charge in [0.05, 0.1) is 5.56 Å². The molecule has 2 fully saturated rings. The van der Waals surface area contributed by atoms with E-state index in [4.69, 9.17) is 5.11 Å². The molecule has 6 heteroatoms. The van der Waals surface area contributed by atoms with Gasteiger partial charge in [0.25, 0.3) is 5.91 Å². The second-order valence-electron chi connectivity index (χ2n) is 5.83. The number of carboxylic acids is 1. The first-order valence-corrected chi connectivity index (χ1v) is 7.30. The third-order valence-electron chi connectivity index (χ3n) is 4.43. The van der Waals surface area contributed by atoms with Gasteiger partial charge < -0.3 is 10.0 Å². The zero-order chi connectivity index (χ0) is 15.0. The molecule has 2 unspecified atom stereocenters. The van der Waals surface area contributed by atoms with Crippen molar-refractivity contribution in [2.45, 2.75) is 31.8 Å². The highest BCUT2D eigenvalue weighted by Crippen LogP contribution is 2.25. The zero-order valence-corrected chi connectivity index (χ0v) is 12.0. The number of aromatic nitrogens is 1. The van der Waals surface area contributed by atoms with Crippen molar-refractivity contribution in [2.24, 2.45) is 0 Å². The number of carbonyl (C=O) groups excluding carboxylic acids is 1. The summed E-state index contributed by atoms with van der Waals surface area (Å²) in [7, 11) is 0. The minimum atomic E-state index is -1.08. The summed E-state index contributed by atoms with van der Waals surface area (Å²) in [5.74, 6) is -1.14. The molecule has 0 radical (unpaired) electrons. The van der Waals surface area contributed by atoms with E-state index in [0.29, 0.717) is 11.6 Å². The fourth-order valence-corrected chi connectivity index (χ4v) is 3.28. The van der Waals surface area contributed by atoms with Crippen molar-refractivity contribution in [1.82, 2.24) is 14.8 Å². The molecule has 2 saturated heterocycles. The first kappa shape index (κ1) is 14.0. The van der Waals surface area contributed by atoms with Crippen LogP contribution in [0.1, 0.15) is 40.6 Å². The number of fused-ring (bicyclic) bond motifs is 1. The number of aromatic carboxylic acids is 1. The molecule has 1 aromatic heterocycles. The molecule has 112 valence electrons. The summed E-state index contributed by atoms with van der Waals surface area (Å²) in [6.07, 6.45) is 3.71. The lowest BCUT2D eigenvalue weighted by Crippen LogP contribution is -2.56. The van der Waals surface area contributed by atoms with Gasteiger partial charge in [-0.2, -0.15) is 0 Å². The number of hydrogen-bond donors (Lipinski definition) is 1. The Morgan fingerprint density at radius 1 is 1.33 bits per heavy atom. The topological polar surface area (TPSA) is 73.7 Å². The maximum atomic E-state index is 12.6. The highest BCUT2D eigenvalue weighted by atomic mass is 16.4. The van der Waals surface area contributed by atoms with E-state index in [1.807, 2.05) is 4.90 Å². The summed E-state index contributed by atoms with van der Waals surface area (Å²) in [4.78, 5) is 31.6. The van der Waals surface area contributed by atoms with E-state index in [1.54, 1.807) is 6.07 Å². The second kappa shape index (κ2) is 5.44. The lowest BCUT2D eigenvalue weighted by Gasteiger charge is -2.42. The average Bonchev–Trinajstić information content (AvgIpc) is 2.93. The van der Waals surface area contributed by atoms with Crippen molar-refractivity contribution in [3.63, 3.8) is 0 Å². The van der Waals surface area contributed by atoms with Gasteiger partial charge in [-0.3, -0.25) is 9.69 Å². The van der Waals surface area contributed by atoms with Crippen LogP contribution in [-0.2, 0) is 0 Å². The highest BCUT2D eigenvalue weighted by Gasteiger charge is 2.36. The average molecular weight is 289 g/mol. The van der Waals surface area contributed by atoms with Crippen molar-refractivity contribution >= 4 is 11.9 Å². The summed E-state index contributed by atoms with van der Waals surface area (Å²) in [5.41, 5.74) is 0.415. The molecule has 0 spiro atoms. The predicted molar refractivity (Wildman–Crippen MR) is 76.3 cm³/mol. The van der Waals surface area contributed by atoms with Gasteiger partial charge in [-0.1, -0.05) is 0 Å². The Bertz CT molecular complexity index is 558. The van der Waals surface area contributed by atoms with Crippen LogP contribution in [0.5, 0.6) is 0 Å². The van der Waals surface area contributed by atoms with Crippen molar-refractivity contribution in [3.05, 3.63) is 29.6 Å². The van der Waals surface area contributed by atoms with E-state index in [0.717, 1.165) is 26.1 Å². The molecule has 1 aromatic rings. The molecular weight excluding hydrogens is 270 g/mol. The highest BCUT2D eigenvalue weighted by molar-refractivity contribution is 5.95. The van der Waals surface area contributed by atoms with Gasteiger partial charge in [0.15, 0.2) is 0 Å². The first-order valence-electron chi connectivity index (χ1n) is 7.30. The molecule has 0 aromatic carbocycles. The predicted octanol–water partition coefficient (Wildman–Crippen LogP) is 1.09. The van der Waals surface area contributed by atoms with Gasteiger partial charge in [0, 0.05) is 31.4 Å². The molecule has 0 saturated carbocycles. The molecule has 21 heavy (non-hydrogen) atoms. The number of amides is 1. The summed E-state index contributed by atoms with van der Waals surface area (Å²) >= 11 is 0. The molecule has 2 aliphatic rings. The van der Waals surface area contributed by atoms with Gasteiger partial charge in [-0.05, 0) is 38.4 Å². The summed E-state index contributed by atoms with van der Waals surface area (Å²) in [6.45, 7) is 4.86. The Hall–Kier alpha value is -1.95. The molecule has 0 aliphatic carbocycles. The molecule has 3 rings (SSSR count). The van der Waals surface area contributed by atoms with Crippen LogP contribution in [-0.4, -0.2) is 63.5 Å². The van der Waals surface area contributed by atoms with E-state index in [2.05, 4.69) is 16.8 Å². The minimum Gasteiger partial charge on any atom is -0.477 e. The first-order chi connectivity index (χ1) is 10.1. The number of carboxylic acid groups (broad SMARTS) is 1. The third-order valence-corrected chi connectivity index (χ3v) is 4.43. The Balaban J connectivity index is 1.76. The molecular formula is C15H19N3O3. The zero-order valence-electron chi connectivity index (χ0n) is 12.0. The number of rotatable bonds is 2. The fourth-order valence-electron chi connectivity index (χ4n) is 3.28. The van der Waals surface area contributed by atoms with Crippen LogP contribution >= 0.6 is 0 Å². The lowest BCUT2D eigenvalue weighted by molar-refractivity contribution is 0.0394. The van der Waals surface area contributed by atoms with E-state index in [-0.39, 0.29) is 17.6 Å². The molecule has 1 amide bonds. The van der Waals surface area contributed by atoms with Gasteiger partial charge in [0.1, 0.15) is 5.69 Å². The van der Waals surface area contributed by atoms with Crippen LogP contribution in [0.3, 0.4) is 0 Å². The Morgan fingerprint density at radius 3 is 2.81 bits per heavy atom. The van der Waals surface area contributed by atoms with E-state index >= 15 is 0 Å². The van der Waals surface area contributed by atoms with Gasteiger partial charge in [-0.25, -0.2) is 9.78 Å². The van der Waals surface area contributed by atoms with Gasteiger partial charge in [-0.15, -0.1) is 0 Å². The molecule has 6 nitrogen and oxygen atoms in total. The number of pyridine rings is 1. The van der Waals surface area contributed by atoms with Crippen LogP contribution in [0, 0.1) is 0 Å². The molecule has 2 aliphatic heterocycles. The standard InChI is InChI=1S/C15H19N3O3/c1-10-8-17-6-2-3-12(17)9-18(10)14(19)11-4-5-13(15(20)21)16-7-11/h4-5,7,10,12H,2-3,6,8-9H2,1H3,(H,20,21). The number of piperazine rings is 1. The monoisotopic (exact) mass is 289 g/mol. The molecule has 0 bridgehead atoms. The summed E-state index contributed by atoms with van der Waals surface area (Å²) < 4.78 is 0. The Kier molecular flexibility index (Phi) is 3.63. The quantitative estimate of drug-likeness (QED) is 0.882. The van der Waals surface area contributed by atoms with Crippen LogP contribution in [0.4, 0.5) is 0 Å². The minimum absolute atomic E-state index is 0.0415. The SMILES string of the molecule is CC1CN2CCCC2CN1C(=O)c1ccc(C(=O)O)nc1. The van der Waals surface area contributed by atoms with Crippen LogP contribution in [0.2, 0.25) is 0 Å². The smallest absolute Gasteiger partial charge is 0.354 e. The molecule has 1 N–H and O–H groups in total. The van der Waals surface area contributed by atoms with Crippen LogP contribution < -0.4 is 0 Å². The van der Waals surface area contributed by atoms with E-state index in [9.17, 15) is 9.59 Å². The van der Waals surface area contributed by atoms with Crippen LogP contribution in [0.15, 0.2) is 18.3 Å². The fraction of sp³-hybridized carbons (Fsp3) is 0.533. The number of nitrogens with zero attached hydrogens (tertiary/aromatic N) is 3. The largest absolute Gasteiger partial charge is 0.477 e. The normalized spacial score (nSPS) is 25.7. The van der Waals surface area contributed by atoms with Gasteiger partial charge in [0.2, 0.25) is 0 Å². The maximum absolute atomic E-state index is 12.6. The Labute approximate surface area is 123 Å². The van der Waals surface area contributed by atoms with Crippen molar-refractivity contribution in [3.8, 4) is 0 Å². The maximum Gasteiger partial charge on any atom is 0.354 e. The summed E-state index contributed by atoms with van der Waals surface area (Å²) in [5, 5.41) is 8.84. The third kappa shape index (κ3) is 2.63. The second-order valence-corrected chi connectivity index (χ2v) is 5.83. The van der Waals surface area contributed by atoms with E-state index < -0.39 is 5.97 Å².